The highest BCUT2D eigenvalue weighted by atomic mass is 16.5. The van der Waals surface area contributed by atoms with Gasteiger partial charge in [-0.25, -0.2) is 0 Å². The van der Waals surface area contributed by atoms with Gasteiger partial charge in [0.25, 0.3) is 5.91 Å². The molecule has 0 unspecified atom stereocenters. The maximum absolute atomic E-state index is 12.3. The van der Waals surface area contributed by atoms with E-state index in [0.717, 1.165) is 16.9 Å². The Morgan fingerprint density at radius 1 is 1.11 bits per heavy atom. The molecule has 28 heavy (non-hydrogen) atoms. The number of rotatable bonds is 5. The van der Waals surface area contributed by atoms with Crippen LogP contribution in [0.3, 0.4) is 0 Å². The predicted molar refractivity (Wildman–Crippen MR) is 112 cm³/mol. The summed E-state index contributed by atoms with van der Waals surface area (Å²) < 4.78 is 5.60. The number of fused-ring (bicyclic) bond motifs is 1. The molecule has 2 aromatic rings. The molecule has 5 heteroatoms. The van der Waals surface area contributed by atoms with E-state index in [1.54, 1.807) is 4.90 Å². The largest absolute Gasteiger partial charge is 0.484 e. The molecule has 0 spiro atoms. The number of carbonyl (C=O) groups excluding carboxylic acids is 2. The van der Waals surface area contributed by atoms with Crippen molar-refractivity contribution in [2.24, 2.45) is 0 Å². The Labute approximate surface area is 166 Å². The van der Waals surface area contributed by atoms with Crippen LogP contribution in [0, 0.1) is 0 Å². The van der Waals surface area contributed by atoms with E-state index < -0.39 is 0 Å². The van der Waals surface area contributed by atoms with Crippen molar-refractivity contribution in [1.29, 1.82) is 0 Å². The molecule has 3 rings (SSSR count). The third-order valence-corrected chi connectivity index (χ3v) is 4.97. The summed E-state index contributed by atoms with van der Waals surface area (Å²) in [5.41, 5.74) is 4.05. The first-order valence-corrected chi connectivity index (χ1v) is 9.74. The van der Waals surface area contributed by atoms with Crippen molar-refractivity contribution in [1.82, 2.24) is 0 Å². The van der Waals surface area contributed by atoms with Crippen molar-refractivity contribution in [2.75, 3.05) is 23.4 Å². The summed E-state index contributed by atoms with van der Waals surface area (Å²) in [7, 11) is 0. The summed E-state index contributed by atoms with van der Waals surface area (Å²) in [6, 6.07) is 13.5. The van der Waals surface area contributed by atoms with Gasteiger partial charge in [0.2, 0.25) is 5.91 Å². The van der Waals surface area contributed by atoms with Crippen LogP contribution in [0.4, 0.5) is 11.4 Å². The van der Waals surface area contributed by atoms with Gasteiger partial charge in [0, 0.05) is 24.3 Å². The van der Waals surface area contributed by atoms with Crippen LogP contribution in [-0.2, 0) is 21.4 Å². The highest BCUT2D eigenvalue weighted by Crippen LogP contribution is 2.30. The lowest BCUT2D eigenvalue weighted by atomic mass is 9.87. The van der Waals surface area contributed by atoms with Crippen LogP contribution >= 0.6 is 0 Å². The summed E-state index contributed by atoms with van der Waals surface area (Å²) in [4.78, 5) is 26.0. The summed E-state index contributed by atoms with van der Waals surface area (Å²) in [6.07, 6.45) is 1.21. The van der Waals surface area contributed by atoms with Crippen LogP contribution < -0.4 is 15.0 Å². The van der Waals surface area contributed by atoms with Gasteiger partial charge in [0.15, 0.2) is 6.61 Å². The van der Waals surface area contributed by atoms with Crippen molar-refractivity contribution in [3.05, 3.63) is 53.6 Å². The van der Waals surface area contributed by atoms with Crippen LogP contribution in [0.15, 0.2) is 42.5 Å². The monoisotopic (exact) mass is 380 g/mol. The predicted octanol–water partition coefficient (Wildman–Crippen LogP) is 4.30. The zero-order chi connectivity index (χ0) is 20.3. The summed E-state index contributed by atoms with van der Waals surface area (Å²) >= 11 is 0. The van der Waals surface area contributed by atoms with Gasteiger partial charge in [-0.1, -0.05) is 32.9 Å². The molecule has 148 valence electrons. The lowest BCUT2D eigenvalue weighted by molar-refractivity contribution is -0.119. The maximum Gasteiger partial charge on any atom is 0.262 e. The van der Waals surface area contributed by atoms with E-state index in [-0.39, 0.29) is 23.8 Å². The second-order valence-electron chi connectivity index (χ2n) is 8.09. The molecule has 0 fully saturated rings. The topological polar surface area (TPSA) is 58.6 Å². The van der Waals surface area contributed by atoms with Gasteiger partial charge >= 0.3 is 0 Å². The Morgan fingerprint density at radius 3 is 2.46 bits per heavy atom. The van der Waals surface area contributed by atoms with Crippen molar-refractivity contribution in [2.45, 2.75) is 46.0 Å². The minimum atomic E-state index is -0.209. The lowest BCUT2D eigenvalue weighted by Gasteiger charge is -2.28. The molecule has 1 aliphatic rings. The average Bonchev–Trinajstić information content (AvgIpc) is 2.66. The minimum Gasteiger partial charge on any atom is -0.484 e. The minimum absolute atomic E-state index is 0.0501. The maximum atomic E-state index is 12.3. The Hall–Kier alpha value is -2.82. The molecule has 5 nitrogen and oxygen atoms in total. The number of nitrogens with zero attached hydrogens (tertiary/aromatic N) is 1. The standard InChI is InChI=1S/C23H28N2O3/c1-5-25-20-12-9-18(14-16(20)6-13-22(25)27)24-21(26)15-28-19-10-7-17(8-11-19)23(2,3)4/h7-12,14H,5-6,13,15H2,1-4H3,(H,24,26). The Morgan fingerprint density at radius 2 is 1.82 bits per heavy atom. The van der Waals surface area contributed by atoms with Crippen molar-refractivity contribution >= 4 is 23.2 Å². The van der Waals surface area contributed by atoms with E-state index in [0.29, 0.717) is 25.1 Å². The number of ether oxygens (including phenoxy) is 1. The van der Waals surface area contributed by atoms with Gasteiger partial charge in [-0.3, -0.25) is 9.59 Å². The van der Waals surface area contributed by atoms with Crippen LogP contribution in [-0.4, -0.2) is 25.0 Å². The fourth-order valence-electron chi connectivity index (χ4n) is 3.38. The number of anilines is 2. The normalized spacial score (nSPS) is 13.9. The van der Waals surface area contributed by atoms with Gasteiger partial charge in [-0.2, -0.15) is 0 Å². The Balaban J connectivity index is 1.59. The molecule has 2 amide bonds. The molecule has 0 saturated heterocycles. The lowest BCUT2D eigenvalue weighted by Crippen LogP contribution is -2.34. The molecule has 0 radical (unpaired) electrons. The number of aryl methyl sites for hydroxylation is 1. The molecule has 0 saturated carbocycles. The quantitative estimate of drug-likeness (QED) is 0.841. The first-order chi connectivity index (χ1) is 13.3. The molecule has 0 aromatic heterocycles. The van der Waals surface area contributed by atoms with Gasteiger partial charge in [0.1, 0.15) is 5.75 Å². The first-order valence-electron chi connectivity index (χ1n) is 9.74. The first kappa shape index (κ1) is 19.9. The molecule has 0 aliphatic carbocycles. The van der Waals surface area contributed by atoms with E-state index in [1.165, 1.54) is 5.56 Å². The van der Waals surface area contributed by atoms with Gasteiger partial charge in [-0.05, 0) is 60.2 Å². The summed E-state index contributed by atoms with van der Waals surface area (Å²) in [5.74, 6) is 0.613. The summed E-state index contributed by atoms with van der Waals surface area (Å²) in [6.45, 7) is 9.04. The third kappa shape index (κ3) is 4.53. The van der Waals surface area contributed by atoms with Crippen LogP contribution in [0.5, 0.6) is 5.75 Å². The number of hydrogen-bond donors (Lipinski definition) is 1. The number of amides is 2. The number of benzene rings is 2. The van der Waals surface area contributed by atoms with E-state index in [4.69, 9.17) is 4.74 Å². The van der Waals surface area contributed by atoms with E-state index in [2.05, 4.69) is 26.1 Å². The van der Waals surface area contributed by atoms with E-state index in [9.17, 15) is 9.59 Å². The Kier molecular flexibility index (Phi) is 5.73. The van der Waals surface area contributed by atoms with Gasteiger partial charge in [0.05, 0.1) is 0 Å². The smallest absolute Gasteiger partial charge is 0.262 e. The molecule has 1 heterocycles. The van der Waals surface area contributed by atoms with Crippen molar-refractivity contribution in [3.8, 4) is 5.75 Å². The molecule has 1 aliphatic heterocycles. The second kappa shape index (κ2) is 8.05. The number of nitrogens with one attached hydrogen (secondary N) is 1. The van der Waals surface area contributed by atoms with Gasteiger partial charge < -0.3 is 15.0 Å². The average molecular weight is 380 g/mol. The summed E-state index contributed by atoms with van der Waals surface area (Å²) in [5, 5.41) is 2.87. The van der Waals surface area contributed by atoms with Gasteiger partial charge in [-0.15, -0.1) is 0 Å². The molecule has 2 aromatic carbocycles. The van der Waals surface area contributed by atoms with E-state index in [1.807, 2.05) is 49.4 Å². The second-order valence-corrected chi connectivity index (χ2v) is 8.09. The fraction of sp³-hybridized carbons (Fsp3) is 0.391. The molecule has 0 atom stereocenters. The molecule has 0 bridgehead atoms. The molecule has 1 N–H and O–H groups in total. The zero-order valence-corrected chi connectivity index (χ0v) is 17.0. The van der Waals surface area contributed by atoms with E-state index >= 15 is 0 Å². The number of hydrogen-bond acceptors (Lipinski definition) is 3. The van der Waals surface area contributed by atoms with Crippen LogP contribution in [0.2, 0.25) is 0 Å². The highest BCUT2D eigenvalue weighted by molar-refractivity contribution is 5.97. The van der Waals surface area contributed by atoms with Crippen LogP contribution in [0.1, 0.15) is 45.2 Å². The highest BCUT2D eigenvalue weighted by Gasteiger charge is 2.23. The van der Waals surface area contributed by atoms with Crippen molar-refractivity contribution < 1.29 is 14.3 Å². The molecular formula is C23H28N2O3. The molecular weight excluding hydrogens is 352 g/mol. The fourth-order valence-corrected chi connectivity index (χ4v) is 3.38. The zero-order valence-electron chi connectivity index (χ0n) is 17.0. The van der Waals surface area contributed by atoms with Crippen molar-refractivity contribution in [3.63, 3.8) is 0 Å². The third-order valence-electron chi connectivity index (χ3n) is 4.97. The Bertz CT molecular complexity index is 866. The number of carbonyl (C=O) groups is 2. The van der Waals surface area contributed by atoms with Crippen LogP contribution in [0.25, 0.3) is 0 Å². The SMILES string of the molecule is CCN1C(=O)CCc2cc(NC(=O)COc3ccc(C(C)(C)C)cc3)ccc21.